The summed E-state index contributed by atoms with van der Waals surface area (Å²) in [6.45, 7) is 4.41. The highest BCUT2D eigenvalue weighted by atomic mass is 32.2. The molecule has 0 atom stereocenters. The number of thioether (sulfide) groups is 1. The second-order valence-electron chi connectivity index (χ2n) is 5.25. The van der Waals surface area contributed by atoms with E-state index in [9.17, 15) is 14.4 Å². The maximum atomic E-state index is 12.2. The Morgan fingerprint density at radius 2 is 2.10 bits per heavy atom. The number of imide groups is 1. The fraction of sp³-hybridized carbons (Fsp3) is 0.538. The van der Waals surface area contributed by atoms with Gasteiger partial charge in [0.05, 0.1) is 23.9 Å². The summed E-state index contributed by atoms with van der Waals surface area (Å²) in [5.41, 5.74) is 1.53. The minimum atomic E-state index is -0.206. The van der Waals surface area contributed by atoms with Gasteiger partial charge in [-0.2, -0.15) is 0 Å². The van der Waals surface area contributed by atoms with Crippen molar-refractivity contribution in [2.45, 2.75) is 26.3 Å². The smallest absolute Gasteiger partial charge is 0.289 e. The van der Waals surface area contributed by atoms with Gasteiger partial charge >= 0.3 is 0 Å². The highest BCUT2D eigenvalue weighted by molar-refractivity contribution is 8.14. The van der Waals surface area contributed by atoms with Crippen LogP contribution in [0.25, 0.3) is 0 Å². The number of likely N-dealkylation sites (tertiary alicyclic amines) is 1. The van der Waals surface area contributed by atoms with Gasteiger partial charge in [-0.15, -0.1) is 0 Å². The maximum absolute atomic E-state index is 12.2. The summed E-state index contributed by atoms with van der Waals surface area (Å²) in [5.74, 6) is 0.668. The Morgan fingerprint density at radius 1 is 1.38 bits per heavy atom. The summed E-state index contributed by atoms with van der Waals surface area (Å²) in [4.78, 5) is 38.3. The topological polar surface area (TPSA) is 83.7 Å². The Kier molecular flexibility index (Phi) is 3.48. The molecule has 0 N–H and O–H groups in total. The quantitative estimate of drug-likeness (QED) is 0.819. The van der Waals surface area contributed by atoms with Crippen LogP contribution in [0.1, 0.15) is 17.0 Å². The third kappa shape index (κ3) is 2.44. The first-order valence-electron chi connectivity index (χ1n) is 6.65. The number of hydrogen-bond donors (Lipinski definition) is 0. The molecule has 0 unspecified atom stereocenters. The lowest BCUT2D eigenvalue weighted by Gasteiger charge is -2.42. The Bertz CT molecular complexity index is 585. The van der Waals surface area contributed by atoms with Crippen molar-refractivity contribution in [2.24, 2.45) is 0 Å². The molecular formula is C13H15N3O4S. The van der Waals surface area contributed by atoms with E-state index in [4.69, 9.17) is 4.52 Å². The Morgan fingerprint density at radius 3 is 2.62 bits per heavy atom. The van der Waals surface area contributed by atoms with Gasteiger partial charge in [-0.1, -0.05) is 16.9 Å². The van der Waals surface area contributed by atoms with E-state index in [-0.39, 0.29) is 35.3 Å². The number of hydrogen-bond acceptors (Lipinski definition) is 6. The zero-order valence-corrected chi connectivity index (χ0v) is 12.6. The molecule has 3 heterocycles. The zero-order valence-electron chi connectivity index (χ0n) is 11.8. The minimum Gasteiger partial charge on any atom is -0.361 e. The van der Waals surface area contributed by atoms with Crippen molar-refractivity contribution < 1.29 is 18.9 Å². The molecule has 2 aliphatic rings. The Labute approximate surface area is 125 Å². The lowest BCUT2D eigenvalue weighted by molar-refractivity contribution is -0.141. The molecule has 0 radical (unpaired) electrons. The van der Waals surface area contributed by atoms with Crippen LogP contribution >= 0.6 is 11.8 Å². The summed E-state index contributed by atoms with van der Waals surface area (Å²) < 4.78 is 5.04. The molecule has 0 aliphatic carbocycles. The van der Waals surface area contributed by atoms with Gasteiger partial charge in [-0.05, 0) is 13.8 Å². The van der Waals surface area contributed by atoms with Crippen LogP contribution in [0.4, 0.5) is 4.79 Å². The molecule has 112 valence electrons. The van der Waals surface area contributed by atoms with Gasteiger partial charge in [0.1, 0.15) is 5.76 Å². The van der Waals surface area contributed by atoms with Crippen molar-refractivity contribution in [2.75, 3.05) is 18.8 Å². The average Bonchev–Trinajstić information content (AvgIpc) is 2.87. The molecule has 1 aromatic heterocycles. The fourth-order valence-corrected chi connectivity index (χ4v) is 3.33. The van der Waals surface area contributed by atoms with Crippen LogP contribution in [-0.2, 0) is 16.0 Å². The molecule has 3 amide bonds. The SMILES string of the molecule is Cc1noc(C)c1CC(=O)N1CC(N2C(=O)CSC2=O)C1. The number of nitrogens with zero attached hydrogens (tertiary/aromatic N) is 3. The summed E-state index contributed by atoms with van der Waals surface area (Å²) in [6.07, 6.45) is 0.241. The van der Waals surface area contributed by atoms with Gasteiger partial charge in [0.15, 0.2) is 0 Å². The molecule has 0 saturated carbocycles. The monoisotopic (exact) mass is 309 g/mol. The molecule has 21 heavy (non-hydrogen) atoms. The summed E-state index contributed by atoms with van der Waals surface area (Å²) in [6, 6.07) is -0.173. The predicted octanol–water partition coefficient (Wildman–Crippen LogP) is 0.740. The van der Waals surface area contributed by atoms with Gasteiger partial charge < -0.3 is 9.42 Å². The summed E-state index contributed by atoms with van der Waals surface area (Å²) >= 11 is 1.02. The molecule has 1 aromatic rings. The highest BCUT2D eigenvalue weighted by Crippen LogP contribution is 2.26. The molecule has 2 fully saturated rings. The number of rotatable bonds is 3. The zero-order chi connectivity index (χ0) is 15.1. The van der Waals surface area contributed by atoms with Crippen molar-refractivity contribution in [1.29, 1.82) is 0 Å². The first-order valence-corrected chi connectivity index (χ1v) is 7.64. The van der Waals surface area contributed by atoms with Gasteiger partial charge in [0, 0.05) is 18.7 Å². The first-order chi connectivity index (χ1) is 9.97. The number of carbonyl (C=O) groups is 3. The molecule has 0 aromatic carbocycles. The molecule has 3 rings (SSSR count). The van der Waals surface area contributed by atoms with E-state index in [0.717, 1.165) is 23.0 Å². The van der Waals surface area contributed by atoms with Crippen molar-refractivity contribution >= 4 is 28.8 Å². The van der Waals surface area contributed by atoms with Crippen LogP contribution in [0.2, 0.25) is 0 Å². The lowest BCUT2D eigenvalue weighted by Crippen LogP contribution is -2.62. The number of carbonyl (C=O) groups excluding carboxylic acids is 3. The van der Waals surface area contributed by atoms with Gasteiger partial charge in [0.2, 0.25) is 11.8 Å². The minimum absolute atomic E-state index is 0.0348. The maximum Gasteiger partial charge on any atom is 0.289 e. The Hall–Kier alpha value is -1.83. The van der Waals surface area contributed by atoms with E-state index in [1.807, 2.05) is 0 Å². The van der Waals surface area contributed by atoms with Gasteiger partial charge in [-0.3, -0.25) is 19.3 Å². The van der Waals surface area contributed by atoms with E-state index < -0.39 is 0 Å². The second kappa shape index (κ2) is 5.18. The average molecular weight is 309 g/mol. The van der Waals surface area contributed by atoms with E-state index in [2.05, 4.69) is 5.16 Å². The molecule has 7 nitrogen and oxygen atoms in total. The van der Waals surface area contributed by atoms with Crippen LogP contribution in [-0.4, -0.2) is 56.9 Å². The standard InChI is InChI=1S/C13H15N3O4S/c1-7-10(8(2)20-14-7)3-11(17)15-4-9(5-15)16-12(18)6-21-13(16)19/h9H,3-6H2,1-2H3. The van der Waals surface area contributed by atoms with E-state index in [0.29, 0.717) is 18.8 Å². The molecule has 0 spiro atoms. The number of amides is 3. The number of aryl methyl sites for hydroxylation is 2. The number of aromatic nitrogens is 1. The molecule has 8 heteroatoms. The lowest BCUT2D eigenvalue weighted by atomic mass is 10.0. The van der Waals surface area contributed by atoms with Crippen molar-refractivity contribution in [3.63, 3.8) is 0 Å². The fourth-order valence-electron chi connectivity index (χ4n) is 2.56. The predicted molar refractivity (Wildman–Crippen MR) is 74.7 cm³/mol. The largest absolute Gasteiger partial charge is 0.361 e. The molecule has 2 aliphatic heterocycles. The highest BCUT2D eigenvalue weighted by Gasteiger charge is 2.43. The second-order valence-corrected chi connectivity index (χ2v) is 6.18. The van der Waals surface area contributed by atoms with Crippen LogP contribution in [0, 0.1) is 13.8 Å². The molecule has 0 bridgehead atoms. The van der Waals surface area contributed by atoms with E-state index >= 15 is 0 Å². The van der Waals surface area contributed by atoms with Gasteiger partial charge in [-0.25, -0.2) is 0 Å². The Balaban J connectivity index is 1.58. The normalized spacial score (nSPS) is 19.3. The van der Waals surface area contributed by atoms with E-state index in [1.165, 1.54) is 4.90 Å². The summed E-state index contributed by atoms with van der Waals surface area (Å²) in [7, 11) is 0. The van der Waals surface area contributed by atoms with Crippen LogP contribution < -0.4 is 0 Å². The molecular weight excluding hydrogens is 294 g/mol. The van der Waals surface area contributed by atoms with Crippen LogP contribution in [0.5, 0.6) is 0 Å². The van der Waals surface area contributed by atoms with Crippen molar-refractivity contribution in [3.8, 4) is 0 Å². The van der Waals surface area contributed by atoms with E-state index in [1.54, 1.807) is 18.7 Å². The third-order valence-corrected chi connectivity index (χ3v) is 4.71. The van der Waals surface area contributed by atoms with Gasteiger partial charge in [0.25, 0.3) is 5.24 Å². The van der Waals surface area contributed by atoms with Crippen molar-refractivity contribution in [3.05, 3.63) is 17.0 Å². The molecule has 2 saturated heterocycles. The van der Waals surface area contributed by atoms with Crippen LogP contribution in [0.3, 0.4) is 0 Å². The van der Waals surface area contributed by atoms with Crippen molar-refractivity contribution in [1.82, 2.24) is 15.0 Å². The first kappa shape index (κ1) is 14.1. The van der Waals surface area contributed by atoms with Crippen LogP contribution in [0.15, 0.2) is 4.52 Å². The third-order valence-electron chi connectivity index (χ3n) is 3.87. The summed E-state index contributed by atoms with van der Waals surface area (Å²) in [5, 5.41) is 3.62.